The zero-order valence-corrected chi connectivity index (χ0v) is 11.6. The van der Waals surface area contributed by atoms with Crippen LogP contribution in [0.15, 0.2) is 18.2 Å². The first-order valence-corrected chi connectivity index (χ1v) is 6.34. The minimum Gasteiger partial charge on any atom is -0.494 e. The molecule has 0 heterocycles. The summed E-state index contributed by atoms with van der Waals surface area (Å²) in [4.78, 5) is 12.0. The van der Waals surface area contributed by atoms with Crippen LogP contribution in [0.5, 0.6) is 5.75 Å². The summed E-state index contributed by atoms with van der Waals surface area (Å²) in [7, 11) is 1.47. The van der Waals surface area contributed by atoms with Crippen LogP contribution in [-0.2, 0) is 0 Å². The monoisotopic (exact) mass is 266 g/mol. The van der Waals surface area contributed by atoms with Crippen LogP contribution >= 0.6 is 0 Å². The van der Waals surface area contributed by atoms with Crippen molar-refractivity contribution >= 4 is 11.6 Å². The van der Waals surface area contributed by atoms with Crippen LogP contribution < -0.4 is 15.8 Å². The number of hydrogen-bond acceptors (Lipinski definition) is 4. The lowest BCUT2D eigenvalue weighted by Gasteiger charge is -2.15. The van der Waals surface area contributed by atoms with Gasteiger partial charge >= 0.3 is 0 Å². The molecule has 5 nitrogen and oxygen atoms in total. The van der Waals surface area contributed by atoms with Crippen molar-refractivity contribution in [3.8, 4) is 5.75 Å². The Morgan fingerprint density at radius 3 is 2.74 bits per heavy atom. The molecule has 4 N–H and O–H groups in total. The Bertz CT molecular complexity index is 433. The molecule has 5 heteroatoms. The Morgan fingerprint density at radius 2 is 2.16 bits per heavy atom. The number of rotatable bonds is 6. The van der Waals surface area contributed by atoms with Crippen LogP contribution in [0.1, 0.15) is 30.6 Å². The Kier molecular flexibility index (Phi) is 5.63. The first-order valence-electron chi connectivity index (χ1n) is 6.34. The van der Waals surface area contributed by atoms with Crippen molar-refractivity contribution in [2.45, 2.75) is 26.4 Å². The van der Waals surface area contributed by atoms with Crippen LogP contribution in [0.4, 0.5) is 5.69 Å². The summed E-state index contributed by atoms with van der Waals surface area (Å²) >= 11 is 0. The molecule has 1 atom stereocenters. The molecule has 19 heavy (non-hydrogen) atoms. The van der Waals surface area contributed by atoms with Crippen LogP contribution in [0, 0.1) is 5.92 Å². The van der Waals surface area contributed by atoms with Gasteiger partial charge in [-0.1, -0.05) is 19.9 Å². The second-order valence-electron chi connectivity index (χ2n) is 4.92. The molecule has 0 saturated heterocycles. The summed E-state index contributed by atoms with van der Waals surface area (Å²) in [6.45, 7) is 4.26. The van der Waals surface area contributed by atoms with E-state index in [-0.39, 0.29) is 12.5 Å². The van der Waals surface area contributed by atoms with Gasteiger partial charge in [-0.3, -0.25) is 4.79 Å². The lowest BCUT2D eigenvalue weighted by Crippen LogP contribution is -2.33. The van der Waals surface area contributed by atoms with Gasteiger partial charge in [0, 0.05) is 6.54 Å². The van der Waals surface area contributed by atoms with E-state index in [0.717, 1.165) is 0 Å². The van der Waals surface area contributed by atoms with Crippen molar-refractivity contribution in [1.82, 2.24) is 5.32 Å². The zero-order valence-electron chi connectivity index (χ0n) is 11.6. The van der Waals surface area contributed by atoms with Crippen LogP contribution in [0.3, 0.4) is 0 Å². The molecule has 0 aliphatic heterocycles. The van der Waals surface area contributed by atoms with Gasteiger partial charge in [-0.15, -0.1) is 0 Å². The summed E-state index contributed by atoms with van der Waals surface area (Å²) in [6, 6.07) is 5.00. The largest absolute Gasteiger partial charge is 0.494 e. The third kappa shape index (κ3) is 4.44. The molecule has 1 aromatic carbocycles. The van der Waals surface area contributed by atoms with Crippen molar-refractivity contribution in [1.29, 1.82) is 0 Å². The van der Waals surface area contributed by atoms with Crippen molar-refractivity contribution in [2.24, 2.45) is 5.92 Å². The van der Waals surface area contributed by atoms with Crippen molar-refractivity contribution in [3.63, 3.8) is 0 Å². The summed E-state index contributed by atoms with van der Waals surface area (Å²) in [5, 5.41) is 12.4. The molecule has 0 aromatic heterocycles. The minimum atomic E-state index is -0.545. The second kappa shape index (κ2) is 6.99. The molecule has 0 radical (unpaired) electrons. The number of nitrogens with two attached hydrogens (primary N) is 1. The minimum absolute atomic E-state index is 0.217. The summed E-state index contributed by atoms with van der Waals surface area (Å²) in [5.41, 5.74) is 6.53. The van der Waals surface area contributed by atoms with Crippen molar-refractivity contribution < 1.29 is 14.6 Å². The average molecular weight is 266 g/mol. The van der Waals surface area contributed by atoms with Gasteiger partial charge in [-0.05, 0) is 24.5 Å². The molecular formula is C14H22N2O3. The highest BCUT2D eigenvalue weighted by Gasteiger charge is 2.15. The molecule has 0 fully saturated rings. The maximum atomic E-state index is 12.0. The van der Waals surface area contributed by atoms with E-state index in [1.165, 1.54) is 7.11 Å². The highest BCUT2D eigenvalue weighted by molar-refractivity contribution is 5.98. The molecule has 0 aliphatic rings. The second-order valence-corrected chi connectivity index (χ2v) is 4.92. The van der Waals surface area contributed by atoms with E-state index in [2.05, 4.69) is 5.32 Å². The molecule has 1 rings (SSSR count). The van der Waals surface area contributed by atoms with E-state index in [1.54, 1.807) is 18.2 Å². The van der Waals surface area contributed by atoms with Crippen molar-refractivity contribution in [2.75, 3.05) is 19.4 Å². The van der Waals surface area contributed by atoms with E-state index >= 15 is 0 Å². The van der Waals surface area contributed by atoms with Gasteiger partial charge in [0.1, 0.15) is 0 Å². The fourth-order valence-electron chi connectivity index (χ4n) is 1.89. The first-order chi connectivity index (χ1) is 8.95. The third-order valence-corrected chi connectivity index (χ3v) is 2.74. The van der Waals surface area contributed by atoms with Gasteiger partial charge in [0.05, 0.1) is 24.5 Å². The number of anilines is 1. The Labute approximate surface area is 113 Å². The maximum Gasteiger partial charge on any atom is 0.255 e. The molecule has 0 bridgehead atoms. The highest BCUT2D eigenvalue weighted by Crippen LogP contribution is 2.25. The van der Waals surface area contributed by atoms with Gasteiger partial charge in [-0.25, -0.2) is 0 Å². The number of nitrogens with one attached hydrogen (secondary N) is 1. The van der Waals surface area contributed by atoms with E-state index in [9.17, 15) is 9.90 Å². The quantitative estimate of drug-likeness (QED) is 0.680. The third-order valence-electron chi connectivity index (χ3n) is 2.74. The first kappa shape index (κ1) is 15.3. The van der Waals surface area contributed by atoms with Crippen LogP contribution in [0.25, 0.3) is 0 Å². The lowest BCUT2D eigenvalue weighted by molar-refractivity contribution is 0.0897. The van der Waals surface area contributed by atoms with Gasteiger partial charge in [0.25, 0.3) is 5.91 Å². The molecule has 1 amide bonds. The molecule has 1 unspecified atom stereocenters. The highest BCUT2D eigenvalue weighted by atomic mass is 16.5. The number of aliphatic hydroxyl groups is 1. The van der Waals surface area contributed by atoms with Crippen LogP contribution in [-0.4, -0.2) is 30.8 Å². The lowest BCUT2D eigenvalue weighted by atomic mass is 10.1. The Hall–Kier alpha value is -1.75. The molecule has 106 valence electrons. The molecule has 0 saturated carbocycles. The maximum absolute atomic E-state index is 12.0. The zero-order chi connectivity index (χ0) is 14.4. The Morgan fingerprint density at radius 1 is 1.47 bits per heavy atom. The van der Waals surface area contributed by atoms with Gasteiger partial charge in [-0.2, -0.15) is 0 Å². The SMILES string of the molecule is COc1c(N)cccc1C(=O)NCC(O)CC(C)C. The smallest absolute Gasteiger partial charge is 0.255 e. The summed E-state index contributed by atoms with van der Waals surface area (Å²) < 4.78 is 5.12. The number of carbonyl (C=O) groups excluding carboxylic acids is 1. The fraction of sp³-hybridized carbons (Fsp3) is 0.500. The van der Waals surface area contributed by atoms with E-state index in [1.807, 2.05) is 13.8 Å². The molecule has 0 aliphatic carbocycles. The normalized spacial score (nSPS) is 12.3. The number of ether oxygens (including phenoxy) is 1. The topological polar surface area (TPSA) is 84.6 Å². The predicted octanol–water partition coefficient (Wildman–Crippen LogP) is 1.41. The number of carbonyl (C=O) groups is 1. The number of amides is 1. The van der Waals surface area contributed by atoms with E-state index in [0.29, 0.717) is 29.3 Å². The molecule has 1 aromatic rings. The number of aliphatic hydroxyl groups excluding tert-OH is 1. The summed E-state index contributed by atoms with van der Waals surface area (Å²) in [5.74, 6) is 0.444. The van der Waals surface area contributed by atoms with Crippen molar-refractivity contribution in [3.05, 3.63) is 23.8 Å². The number of methoxy groups -OCH3 is 1. The standard InChI is InChI=1S/C14H22N2O3/c1-9(2)7-10(17)8-16-14(18)11-5-4-6-12(15)13(11)19-3/h4-6,9-10,17H,7-8,15H2,1-3H3,(H,16,18). The predicted molar refractivity (Wildman–Crippen MR) is 75.2 cm³/mol. The van der Waals surface area contributed by atoms with Gasteiger partial charge < -0.3 is 20.9 Å². The fourth-order valence-corrected chi connectivity index (χ4v) is 1.89. The molecular weight excluding hydrogens is 244 g/mol. The average Bonchev–Trinajstić information content (AvgIpc) is 2.34. The number of benzene rings is 1. The number of hydrogen-bond donors (Lipinski definition) is 3. The van der Waals surface area contributed by atoms with E-state index in [4.69, 9.17) is 10.5 Å². The Balaban J connectivity index is 2.66. The van der Waals surface area contributed by atoms with E-state index < -0.39 is 6.10 Å². The summed E-state index contributed by atoms with van der Waals surface area (Å²) in [6.07, 6.45) is 0.102. The number of para-hydroxylation sites is 1. The molecule has 0 spiro atoms. The van der Waals surface area contributed by atoms with Gasteiger partial charge in [0.2, 0.25) is 0 Å². The van der Waals surface area contributed by atoms with Gasteiger partial charge in [0.15, 0.2) is 5.75 Å². The van der Waals surface area contributed by atoms with Crippen LogP contribution in [0.2, 0.25) is 0 Å². The number of nitrogen functional groups attached to an aromatic ring is 1.